The summed E-state index contributed by atoms with van der Waals surface area (Å²) in [6.45, 7) is 5.11. The van der Waals surface area contributed by atoms with E-state index < -0.39 is 0 Å². The van der Waals surface area contributed by atoms with Crippen LogP contribution in [0.2, 0.25) is 0 Å². The van der Waals surface area contributed by atoms with Crippen molar-refractivity contribution in [3.63, 3.8) is 0 Å². The average Bonchev–Trinajstić information content (AvgIpc) is 3.24. The standard InChI is InChI=1S/C17H21N3O3S/c1-11(2)19-15(21)12-5-7-20(8-6-12)17(22)14-10-18-16(24-14)13-4-3-9-23-13/h3-4,9-12H,5-8H2,1-2H3,(H,19,21). The Balaban J connectivity index is 1.58. The zero-order valence-corrected chi connectivity index (χ0v) is 14.6. The van der Waals surface area contributed by atoms with Crippen LogP contribution in [-0.4, -0.2) is 40.8 Å². The molecule has 1 saturated heterocycles. The summed E-state index contributed by atoms with van der Waals surface area (Å²) >= 11 is 1.33. The van der Waals surface area contributed by atoms with Crippen molar-refractivity contribution in [1.29, 1.82) is 0 Å². The minimum Gasteiger partial charge on any atom is -0.462 e. The van der Waals surface area contributed by atoms with Gasteiger partial charge in [0.25, 0.3) is 5.91 Å². The summed E-state index contributed by atoms with van der Waals surface area (Å²) in [5.41, 5.74) is 0. The van der Waals surface area contributed by atoms with E-state index in [0.29, 0.717) is 41.6 Å². The molecule has 7 heteroatoms. The predicted octanol–water partition coefficient (Wildman–Crippen LogP) is 2.78. The fourth-order valence-electron chi connectivity index (χ4n) is 2.79. The molecule has 1 fully saturated rings. The monoisotopic (exact) mass is 347 g/mol. The number of amides is 2. The number of hydrogen-bond acceptors (Lipinski definition) is 5. The average molecular weight is 347 g/mol. The van der Waals surface area contributed by atoms with Crippen LogP contribution < -0.4 is 5.32 Å². The largest absolute Gasteiger partial charge is 0.462 e. The van der Waals surface area contributed by atoms with E-state index in [1.807, 2.05) is 19.9 Å². The third kappa shape index (κ3) is 3.67. The molecule has 3 rings (SSSR count). The smallest absolute Gasteiger partial charge is 0.265 e. The summed E-state index contributed by atoms with van der Waals surface area (Å²) in [6, 6.07) is 3.77. The molecule has 24 heavy (non-hydrogen) atoms. The Morgan fingerprint density at radius 2 is 2.12 bits per heavy atom. The molecule has 2 aromatic rings. The number of piperidine rings is 1. The second kappa shape index (κ2) is 7.17. The van der Waals surface area contributed by atoms with Crippen molar-refractivity contribution in [2.24, 2.45) is 5.92 Å². The van der Waals surface area contributed by atoms with E-state index in [4.69, 9.17) is 4.42 Å². The van der Waals surface area contributed by atoms with E-state index in [0.717, 1.165) is 0 Å². The zero-order chi connectivity index (χ0) is 17.1. The predicted molar refractivity (Wildman–Crippen MR) is 91.7 cm³/mol. The van der Waals surface area contributed by atoms with Crippen molar-refractivity contribution in [1.82, 2.24) is 15.2 Å². The van der Waals surface area contributed by atoms with Crippen LogP contribution >= 0.6 is 11.3 Å². The van der Waals surface area contributed by atoms with Crippen molar-refractivity contribution < 1.29 is 14.0 Å². The first-order valence-corrected chi connectivity index (χ1v) is 8.95. The Morgan fingerprint density at radius 3 is 2.75 bits per heavy atom. The maximum atomic E-state index is 12.6. The Morgan fingerprint density at radius 1 is 1.38 bits per heavy atom. The van der Waals surface area contributed by atoms with Gasteiger partial charge in [0.2, 0.25) is 5.91 Å². The number of nitrogens with one attached hydrogen (secondary N) is 1. The normalized spacial score (nSPS) is 15.7. The van der Waals surface area contributed by atoms with E-state index >= 15 is 0 Å². The lowest BCUT2D eigenvalue weighted by Crippen LogP contribution is -2.44. The maximum absolute atomic E-state index is 12.6. The van der Waals surface area contributed by atoms with Crippen LogP contribution in [0.3, 0.4) is 0 Å². The molecule has 6 nitrogen and oxygen atoms in total. The fraction of sp³-hybridized carbons (Fsp3) is 0.471. The number of aromatic nitrogens is 1. The van der Waals surface area contributed by atoms with Crippen LogP contribution in [0.25, 0.3) is 10.8 Å². The molecule has 1 aliphatic heterocycles. The Kier molecular flexibility index (Phi) is 4.99. The van der Waals surface area contributed by atoms with Crippen molar-refractivity contribution >= 4 is 23.2 Å². The highest BCUT2D eigenvalue weighted by Crippen LogP contribution is 2.27. The third-order valence-corrected chi connectivity index (χ3v) is 5.03. The highest BCUT2D eigenvalue weighted by molar-refractivity contribution is 7.16. The number of carbonyl (C=O) groups excluding carboxylic acids is 2. The van der Waals surface area contributed by atoms with Gasteiger partial charge in [-0.1, -0.05) is 0 Å². The molecule has 0 unspecified atom stereocenters. The molecule has 0 spiro atoms. The number of thiazole rings is 1. The minimum atomic E-state index is -0.0203. The van der Waals surface area contributed by atoms with Gasteiger partial charge in [-0.2, -0.15) is 0 Å². The van der Waals surface area contributed by atoms with Crippen LogP contribution in [-0.2, 0) is 4.79 Å². The first kappa shape index (κ1) is 16.7. The lowest BCUT2D eigenvalue weighted by molar-refractivity contribution is -0.126. The molecule has 3 heterocycles. The molecule has 0 radical (unpaired) electrons. The SMILES string of the molecule is CC(C)NC(=O)C1CCN(C(=O)c2cnc(-c3ccco3)s2)CC1. The summed E-state index contributed by atoms with van der Waals surface area (Å²) in [7, 11) is 0. The molecule has 0 saturated carbocycles. The van der Waals surface area contributed by atoms with Crippen molar-refractivity contribution in [2.45, 2.75) is 32.7 Å². The van der Waals surface area contributed by atoms with Crippen LogP contribution in [0.15, 0.2) is 29.0 Å². The van der Waals surface area contributed by atoms with E-state index in [-0.39, 0.29) is 23.8 Å². The second-order valence-corrected chi connectivity index (χ2v) is 7.27. The molecule has 0 atom stereocenters. The molecule has 1 N–H and O–H groups in total. The topological polar surface area (TPSA) is 75.4 Å². The van der Waals surface area contributed by atoms with Gasteiger partial charge in [-0.25, -0.2) is 4.98 Å². The maximum Gasteiger partial charge on any atom is 0.265 e. The van der Waals surface area contributed by atoms with Gasteiger partial charge in [-0.05, 0) is 38.8 Å². The second-order valence-electron chi connectivity index (χ2n) is 6.24. The quantitative estimate of drug-likeness (QED) is 0.923. The van der Waals surface area contributed by atoms with Crippen LogP contribution in [0, 0.1) is 5.92 Å². The lowest BCUT2D eigenvalue weighted by Gasteiger charge is -2.31. The molecule has 0 aromatic carbocycles. The van der Waals surface area contributed by atoms with Crippen molar-refractivity contribution in [3.8, 4) is 10.8 Å². The number of nitrogens with zero attached hydrogens (tertiary/aromatic N) is 2. The van der Waals surface area contributed by atoms with Crippen LogP contribution in [0.1, 0.15) is 36.4 Å². The summed E-state index contributed by atoms with van der Waals surface area (Å²) < 4.78 is 5.31. The van der Waals surface area contributed by atoms with Gasteiger partial charge < -0.3 is 14.6 Å². The van der Waals surface area contributed by atoms with Gasteiger partial charge in [-0.3, -0.25) is 9.59 Å². The molecule has 128 valence electrons. The van der Waals surface area contributed by atoms with E-state index in [9.17, 15) is 9.59 Å². The summed E-state index contributed by atoms with van der Waals surface area (Å²) in [4.78, 5) is 31.3. The molecular weight excluding hydrogens is 326 g/mol. The van der Waals surface area contributed by atoms with Crippen molar-refractivity contribution in [2.75, 3.05) is 13.1 Å². The molecule has 1 aliphatic rings. The lowest BCUT2D eigenvalue weighted by atomic mass is 9.95. The molecule has 2 amide bonds. The van der Waals surface area contributed by atoms with E-state index in [2.05, 4.69) is 10.3 Å². The van der Waals surface area contributed by atoms with Gasteiger partial charge in [0.15, 0.2) is 10.8 Å². The summed E-state index contributed by atoms with van der Waals surface area (Å²) in [6.07, 6.45) is 4.59. The third-order valence-electron chi connectivity index (χ3n) is 4.03. The van der Waals surface area contributed by atoms with Crippen LogP contribution in [0.5, 0.6) is 0 Å². The Labute approximate surface area is 144 Å². The van der Waals surface area contributed by atoms with Gasteiger partial charge in [0.1, 0.15) is 4.88 Å². The molecular formula is C17H21N3O3S. The fourth-order valence-corrected chi connectivity index (χ4v) is 3.64. The Hall–Kier alpha value is -2.15. The summed E-state index contributed by atoms with van der Waals surface area (Å²) in [5, 5.41) is 3.65. The van der Waals surface area contributed by atoms with E-state index in [1.165, 1.54) is 11.3 Å². The summed E-state index contributed by atoms with van der Waals surface area (Å²) in [5.74, 6) is 0.739. The first-order valence-electron chi connectivity index (χ1n) is 8.14. The highest BCUT2D eigenvalue weighted by atomic mass is 32.1. The van der Waals surface area contributed by atoms with Crippen molar-refractivity contribution in [3.05, 3.63) is 29.5 Å². The molecule has 0 bridgehead atoms. The van der Waals surface area contributed by atoms with Gasteiger partial charge >= 0.3 is 0 Å². The Bertz CT molecular complexity index is 700. The van der Waals surface area contributed by atoms with Gasteiger partial charge in [-0.15, -0.1) is 11.3 Å². The minimum absolute atomic E-state index is 0.00316. The highest BCUT2D eigenvalue weighted by Gasteiger charge is 2.28. The number of hydrogen-bond donors (Lipinski definition) is 1. The molecule has 2 aromatic heterocycles. The first-order chi connectivity index (χ1) is 11.5. The van der Waals surface area contributed by atoms with Crippen LogP contribution in [0.4, 0.5) is 0 Å². The zero-order valence-electron chi connectivity index (χ0n) is 13.8. The van der Waals surface area contributed by atoms with E-state index in [1.54, 1.807) is 23.4 Å². The number of furan rings is 1. The number of rotatable bonds is 4. The van der Waals surface area contributed by atoms with Gasteiger partial charge in [0, 0.05) is 25.0 Å². The number of likely N-dealkylation sites (tertiary alicyclic amines) is 1. The van der Waals surface area contributed by atoms with Gasteiger partial charge in [0.05, 0.1) is 12.5 Å². The number of carbonyl (C=O) groups is 2. The molecule has 0 aliphatic carbocycles.